The van der Waals surface area contributed by atoms with E-state index in [4.69, 9.17) is 0 Å². The molecule has 0 N–H and O–H groups in total. The van der Waals surface area contributed by atoms with Crippen LogP contribution in [0.3, 0.4) is 0 Å². The second kappa shape index (κ2) is 5.79. The molecule has 1 heteroatoms. The summed E-state index contributed by atoms with van der Waals surface area (Å²) in [6.07, 6.45) is 1.38. The first-order chi connectivity index (χ1) is 5.60. The average molecular weight is 185 g/mol. The van der Waals surface area contributed by atoms with Crippen LogP contribution in [0.4, 0.5) is 0 Å². The van der Waals surface area contributed by atoms with Gasteiger partial charge in [-0.1, -0.05) is 58.8 Å². The van der Waals surface area contributed by atoms with Gasteiger partial charge in [0.1, 0.15) is 0 Å². The summed E-state index contributed by atoms with van der Waals surface area (Å²) in [4.78, 5) is 0. The molecule has 0 bridgehead atoms. The molecule has 0 aromatic rings. The third-order valence-corrected chi connectivity index (χ3v) is 9.22. The third-order valence-electron chi connectivity index (χ3n) is 3.41. The van der Waals surface area contributed by atoms with Crippen LogP contribution in [0.5, 0.6) is 0 Å². The van der Waals surface area contributed by atoms with Crippen LogP contribution in [0.2, 0.25) is 24.2 Å². The fourth-order valence-corrected chi connectivity index (χ4v) is 5.39. The maximum absolute atomic E-state index is 2.39. The van der Waals surface area contributed by atoms with Crippen molar-refractivity contribution in [1.29, 1.82) is 0 Å². The van der Waals surface area contributed by atoms with Gasteiger partial charge in [-0.25, -0.2) is 0 Å². The van der Waals surface area contributed by atoms with Gasteiger partial charge in [0.05, 0.1) is 8.07 Å². The van der Waals surface area contributed by atoms with Gasteiger partial charge in [0, 0.05) is 0 Å². The molecule has 0 spiro atoms. The van der Waals surface area contributed by atoms with E-state index >= 15 is 0 Å². The molecule has 1 radical (unpaired) electrons. The highest BCUT2D eigenvalue weighted by molar-refractivity contribution is 6.79. The Morgan fingerprint density at radius 3 is 1.58 bits per heavy atom. The van der Waals surface area contributed by atoms with E-state index in [1.165, 1.54) is 30.6 Å². The Labute approximate surface area is 79.8 Å². The molecule has 0 unspecified atom stereocenters. The normalized spacial score (nSPS) is 12.5. The van der Waals surface area contributed by atoms with Gasteiger partial charge in [-0.2, -0.15) is 0 Å². The lowest BCUT2D eigenvalue weighted by Gasteiger charge is -2.28. The summed E-state index contributed by atoms with van der Waals surface area (Å²) in [5.41, 5.74) is 0. The zero-order valence-corrected chi connectivity index (χ0v) is 10.5. The Hall–Kier alpha value is 0.217. The van der Waals surface area contributed by atoms with E-state index in [0.717, 1.165) is 0 Å². The molecule has 0 saturated carbocycles. The van der Waals surface area contributed by atoms with Crippen molar-refractivity contribution in [1.82, 2.24) is 0 Å². The van der Waals surface area contributed by atoms with Crippen LogP contribution >= 0.6 is 0 Å². The summed E-state index contributed by atoms with van der Waals surface area (Å²) in [6, 6.07) is 5.96. The molecule has 0 aliphatic heterocycles. The highest BCUT2D eigenvalue weighted by atomic mass is 28.3. The van der Waals surface area contributed by atoms with Gasteiger partial charge in [0.25, 0.3) is 0 Å². The second-order valence-corrected chi connectivity index (χ2v) is 9.89. The minimum atomic E-state index is -0.801. The van der Waals surface area contributed by atoms with E-state index in [1.807, 2.05) is 0 Å². The molecule has 0 nitrogen and oxygen atoms in total. The van der Waals surface area contributed by atoms with Crippen molar-refractivity contribution in [3.63, 3.8) is 0 Å². The molecule has 0 atom stereocenters. The predicted molar refractivity (Wildman–Crippen MR) is 61.2 cm³/mol. The molecule has 0 heterocycles. The first-order valence-electron chi connectivity index (χ1n) is 5.39. The van der Waals surface area contributed by atoms with Crippen LogP contribution in [-0.2, 0) is 0 Å². The first-order valence-corrected chi connectivity index (χ1v) is 8.22. The maximum atomic E-state index is 2.39. The maximum Gasteiger partial charge on any atom is 0.0527 e. The van der Waals surface area contributed by atoms with Crippen molar-refractivity contribution in [3.8, 4) is 0 Å². The SMILES string of the molecule is CC[Si](CC)(CC)CC[C](C)C. The lowest BCUT2D eigenvalue weighted by atomic mass is 10.2. The van der Waals surface area contributed by atoms with Crippen LogP contribution in [-0.4, -0.2) is 8.07 Å². The summed E-state index contributed by atoms with van der Waals surface area (Å²) in [6.45, 7) is 11.7. The smallest absolute Gasteiger partial charge is 0.0527 e. The minimum Gasteiger partial charge on any atom is -0.0678 e. The number of rotatable bonds is 6. The molecule has 0 aromatic heterocycles. The summed E-state index contributed by atoms with van der Waals surface area (Å²) < 4.78 is 0. The molecule has 0 aliphatic rings. The molecule has 0 aliphatic carbocycles. The van der Waals surface area contributed by atoms with Gasteiger partial charge in [0.15, 0.2) is 0 Å². The lowest BCUT2D eigenvalue weighted by molar-refractivity contribution is 0.887. The fraction of sp³-hybridized carbons (Fsp3) is 0.909. The zero-order chi connectivity index (χ0) is 9.61. The first kappa shape index (κ1) is 12.2. The second-order valence-electron chi connectivity index (χ2n) is 4.27. The molecule has 73 valence electrons. The Morgan fingerprint density at radius 2 is 1.33 bits per heavy atom. The monoisotopic (exact) mass is 185 g/mol. The summed E-state index contributed by atoms with van der Waals surface area (Å²) in [5, 5.41) is 0. The largest absolute Gasteiger partial charge is 0.0678 e. The van der Waals surface area contributed by atoms with Crippen LogP contribution < -0.4 is 0 Å². The van der Waals surface area contributed by atoms with E-state index in [2.05, 4.69) is 34.6 Å². The highest BCUT2D eigenvalue weighted by Crippen LogP contribution is 2.28. The van der Waals surface area contributed by atoms with Crippen molar-refractivity contribution in [3.05, 3.63) is 5.92 Å². The van der Waals surface area contributed by atoms with Crippen molar-refractivity contribution in [2.45, 2.75) is 65.2 Å². The van der Waals surface area contributed by atoms with Crippen LogP contribution in [0.25, 0.3) is 0 Å². The van der Waals surface area contributed by atoms with Crippen molar-refractivity contribution in [2.75, 3.05) is 0 Å². The molecule has 0 saturated heterocycles. The van der Waals surface area contributed by atoms with E-state index < -0.39 is 8.07 Å². The zero-order valence-electron chi connectivity index (χ0n) is 9.54. The van der Waals surface area contributed by atoms with Crippen LogP contribution in [0, 0.1) is 5.92 Å². The van der Waals surface area contributed by atoms with E-state index in [-0.39, 0.29) is 0 Å². The van der Waals surface area contributed by atoms with E-state index in [9.17, 15) is 0 Å². The lowest BCUT2D eigenvalue weighted by Crippen LogP contribution is -2.31. The quantitative estimate of drug-likeness (QED) is 0.535. The van der Waals surface area contributed by atoms with E-state index in [0.29, 0.717) is 0 Å². The van der Waals surface area contributed by atoms with Gasteiger partial charge in [-0.05, 0) is 12.3 Å². The van der Waals surface area contributed by atoms with Crippen LogP contribution in [0.1, 0.15) is 41.0 Å². The minimum absolute atomic E-state index is 0.801. The average Bonchev–Trinajstić information content (AvgIpc) is 2.08. The Morgan fingerprint density at radius 1 is 0.917 bits per heavy atom. The topological polar surface area (TPSA) is 0 Å². The predicted octanol–water partition coefficient (Wildman–Crippen LogP) is 4.50. The molecule has 0 amide bonds. The molecular formula is C11H25Si. The summed E-state index contributed by atoms with van der Waals surface area (Å²) in [5.74, 6) is 1.61. The van der Waals surface area contributed by atoms with Gasteiger partial charge in [-0.3, -0.25) is 0 Å². The Kier molecular flexibility index (Phi) is 5.90. The van der Waals surface area contributed by atoms with Crippen LogP contribution in [0.15, 0.2) is 0 Å². The number of hydrogen-bond acceptors (Lipinski definition) is 0. The molecule has 0 fully saturated rings. The number of hydrogen-bond donors (Lipinski definition) is 0. The molecular weight excluding hydrogens is 160 g/mol. The summed E-state index contributed by atoms with van der Waals surface area (Å²) in [7, 11) is -0.801. The van der Waals surface area contributed by atoms with E-state index in [1.54, 1.807) is 5.92 Å². The van der Waals surface area contributed by atoms with Crippen molar-refractivity contribution < 1.29 is 0 Å². The van der Waals surface area contributed by atoms with Gasteiger partial charge in [-0.15, -0.1) is 0 Å². The standard InChI is InChI=1S/C11H25Si/c1-6-12(7-2,8-3)10-9-11(4)5/h6-10H2,1-5H3. The van der Waals surface area contributed by atoms with Gasteiger partial charge < -0.3 is 0 Å². The fourth-order valence-electron chi connectivity index (χ4n) is 1.80. The van der Waals surface area contributed by atoms with Gasteiger partial charge >= 0.3 is 0 Å². The van der Waals surface area contributed by atoms with Crippen molar-refractivity contribution in [2.24, 2.45) is 0 Å². The molecule has 0 aromatic carbocycles. The Bertz CT molecular complexity index is 95.3. The highest BCUT2D eigenvalue weighted by Gasteiger charge is 2.25. The Balaban J connectivity index is 3.93. The summed E-state index contributed by atoms with van der Waals surface area (Å²) >= 11 is 0. The molecule has 0 rings (SSSR count). The van der Waals surface area contributed by atoms with Gasteiger partial charge in [0.2, 0.25) is 0 Å². The molecule has 12 heavy (non-hydrogen) atoms. The third kappa shape index (κ3) is 3.75. The van der Waals surface area contributed by atoms with Crippen molar-refractivity contribution >= 4 is 8.07 Å².